The molecule has 1 aliphatic rings. The van der Waals surface area contributed by atoms with Crippen molar-refractivity contribution < 1.29 is 0 Å². The molecule has 0 fully saturated rings. The van der Waals surface area contributed by atoms with Crippen LogP contribution >= 0.6 is 0 Å². The smallest absolute Gasteiger partial charge is 0.0927 e. The van der Waals surface area contributed by atoms with Crippen LogP contribution in [0.4, 0.5) is 0 Å². The summed E-state index contributed by atoms with van der Waals surface area (Å²) in [5, 5.41) is 11.3. The highest BCUT2D eigenvalue weighted by molar-refractivity contribution is 5.69. The highest BCUT2D eigenvalue weighted by Gasteiger charge is 2.25. The second-order valence-electron chi connectivity index (χ2n) is 7.30. The minimum Gasteiger partial charge on any atom is -0.301 e. The quantitative estimate of drug-likeness (QED) is 0.563. The van der Waals surface area contributed by atoms with Crippen molar-refractivity contribution in [2.75, 3.05) is 0 Å². The molecule has 28 heavy (non-hydrogen) atoms. The van der Waals surface area contributed by atoms with E-state index in [1.807, 2.05) is 25.4 Å². The molecule has 0 aliphatic heterocycles. The van der Waals surface area contributed by atoms with Crippen molar-refractivity contribution in [3.8, 4) is 22.5 Å². The first-order chi connectivity index (χ1) is 13.7. The van der Waals surface area contributed by atoms with Gasteiger partial charge < -0.3 is 5.32 Å². The number of rotatable bonds is 4. The number of nitrogens with zero attached hydrogens (tertiary/aromatic N) is 3. The maximum atomic E-state index is 4.72. The number of nitrogens with one attached hydrogen (secondary N) is 2. The lowest BCUT2D eigenvalue weighted by Gasteiger charge is -2.22. The first-order valence-corrected chi connectivity index (χ1v) is 9.45. The maximum absolute atomic E-state index is 4.72. The van der Waals surface area contributed by atoms with Crippen LogP contribution in [-0.2, 0) is 6.54 Å². The maximum Gasteiger partial charge on any atom is 0.0927 e. The van der Waals surface area contributed by atoms with Crippen molar-refractivity contribution in [3.05, 3.63) is 89.0 Å². The third-order valence-corrected chi connectivity index (χ3v) is 5.27. The predicted molar refractivity (Wildman–Crippen MR) is 110 cm³/mol. The standard InChI is InChI=1S/C23H21N5/c1-14-9-16(12-25-22(14)17-7-8-24-15(2)10-17)13-26-23-19-6-4-3-5-18(19)20-11-21(23)28-27-20/h3-12,23,26H,13H2,1-2H3,(H,27,28)/t23-/m0/s1. The van der Waals surface area contributed by atoms with Crippen LogP contribution in [0, 0.1) is 13.8 Å². The fourth-order valence-electron chi connectivity index (χ4n) is 3.94. The molecule has 1 atom stereocenters. The Morgan fingerprint density at radius 3 is 2.79 bits per heavy atom. The second-order valence-corrected chi connectivity index (χ2v) is 7.30. The number of hydrogen-bond acceptors (Lipinski definition) is 4. The molecule has 0 saturated heterocycles. The predicted octanol–water partition coefficient (Wildman–Crippen LogP) is 4.34. The molecular formula is C23H21N5. The number of benzene rings is 1. The zero-order valence-electron chi connectivity index (χ0n) is 15.9. The monoisotopic (exact) mass is 367 g/mol. The molecule has 4 aromatic rings. The number of aromatic nitrogens is 4. The summed E-state index contributed by atoms with van der Waals surface area (Å²) in [6.45, 7) is 4.84. The summed E-state index contributed by atoms with van der Waals surface area (Å²) in [4.78, 5) is 9.00. The van der Waals surface area contributed by atoms with Crippen LogP contribution < -0.4 is 5.32 Å². The fraction of sp³-hybridized carbons (Fsp3) is 0.174. The number of aromatic amines is 1. The topological polar surface area (TPSA) is 66.5 Å². The van der Waals surface area contributed by atoms with Crippen LogP contribution in [0.15, 0.2) is 60.9 Å². The SMILES string of the molecule is Cc1cc(-c2ncc(CN[C@@H]3c4cc(n[nH]4)-c4ccccc43)cc2C)ccn1. The van der Waals surface area contributed by atoms with Crippen LogP contribution in [0.5, 0.6) is 0 Å². The van der Waals surface area contributed by atoms with E-state index >= 15 is 0 Å². The van der Waals surface area contributed by atoms with Gasteiger partial charge in [-0.3, -0.25) is 15.1 Å². The third-order valence-electron chi connectivity index (χ3n) is 5.27. The summed E-state index contributed by atoms with van der Waals surface area (Å²) in [7, 11) is 0. The first-order valence-electron chi connectivity index (χ1n) is 9.45. The minimum absolute atomic E-state index is 0.106. The Hall–Kier alpha value is -3.31. The third kappa shape index (κ3) is 2.90. The Labute approximate surface area is 163 Å². The van der Waals surface area contributed by atoms with Gasteiger partial charge in [0, 0.05) is 35.8 Å². The molecule has 0 unspecified atom stereocenters. The summed E-state index contributed by atoms with van der Waals surface area (Å²) in [6.07, 6.45) is 3.79. The highest BCUT2D eigenvalue weighted by Crippen LogP contribution is 2.36. The number of hydrogen-bond donors (Lipinski definition) is 2. The van der Waals surface area contributed by atoms with Gasteiger partial charge in [0.2, 0.25) is 0 Å². The van der Waals surface area contributed by atoms with Crippen LogP contribution in [0.2, 0.25) is 0 Å². The van der Waals surface area contributed by atoms with Gasteiger partial charge in [-0.25, -0.2) is 0 Å². The molecule has 2 N–H and O–H groups in total. The molecule has 1 aliphatic carbocycles. The van der Waals surface area contributed by atoms with Gasteiger partial charge in [-0.05, 0) is 48.7 Å². The van der Waals surface area contributed by atoms with Gasteiger partial charge in [0.25, 0.3) is 0 Å². The van der Waals surface area contributed by atoms with E-state index in [1.165, 1.54) is 11.1 Å². The van der Waals surface area contributed by atoms with Crippen LogP contribution in [0.3, 0.4) is 0 Å². The molecule has 0 radical (unpaired) electrons. The van der Waals surface area contributed by atoms with E-state index in [2.05, 4.69) is 69.9 Å². The second kappa shape index (κ2) is 6.69. The van der Waals surface area contributed by atoms with Gasteiger partial charge >= 0.3 is 0 Å². The molecule has 0 spiro atoms. The summed E-state index contributed by atoms with van der Waals surface area (Å²) in [5.74, 6) is 0. The Kier molecular flexibility index (Phi) is 4.02. The minimum atomic E-state index is 0.106. The van der Waals surface area contributed by atoms with Crippen molar-refractivity contribution in [3.63, 3.8) is 0 Å². The average Bonchev–Trinajstić information content (AvgIpc) is 3.13. The summed E-state index contributed by atoms with van der Waals surface area (Å²) in [6, 6.07) is 16.9. The van der Waals surface area contributed by atoms with Crippen LogP contribution in [-0.4, -0.2) is 20.2 Å². The number of aryl methyl sites for hydroxylation is 2. The summed E-state index contributed by atoms with van der Waals surface area (Å²) >= 11 is 0. The van der Waals surface area contributed by atoms with Gasteiger partial charge in [0.15, 0.2) is 0 Å². The number of pyridine rings is 2. The van der Waals surface area contributed by atoms with Gasteiger partial charge in [-0.2, -0.15) is 5.10 Å². The molecule has 0 saturated carbocycles. The van der Waals surface area contributed by atoms with Crippen molar-refractivity contribution in [1.82, 2.24) is 25.5 Å². The zero-order chi connectivity index (χ0) is 19.1. The number of fused-ring (bicyclic) bond motifs is 4. The van der Waals surface area contributed by atoms with Crippen molar-refractivity contribution >= 4 is 0 Å². The summed E-state index contributed by atoms with van der Waals surface area (Å²) < 4.78 is 0. The van der Waals surface area contributed by atoms with E-state index in [4.69, 9.17) is 4.98 Å². The van der Waals surface area contributed by atoms with E-state index in [0.29, 0.717) is 0 Å². The Bertz CT molecular complexity index is 1160. The zero-order valence-corrected chi connectivity index (χ0v) is 15.9. The molecule has 5 rings (SSSR count). The summed E-state index contributed by atoms with van der Waals surface area (Å²) in [5.41, 5.74) is 10.0. The van der Waals surface area contributed by atoms with E-state index in [9.17, 15) is 0 Å². The van der Waals surface area contributed by atoms with Gasteiger partial charge in [0.05, 0.1) is 23.1 Å². The van der Waals surface area contributed by atoms with Crippen LogP contribution in [0.1, 0.15) is 34.1 Å². The van der Waals surface area contributed by atoms with Crippen molar-refractivity contribution in [2.24, 2.45) is 0 Å². The normalized spacial score (nSPS) is 14.7. The van der Waals surface area contributed by atoms with E-state index in [-0.39, 0.29) is 6.04 Å². The Morgan fingerprint density at radius 1 is 1.04 bits per heavy atom. The molecular weight excluding hydrogens is 346 g/mol. The number of H-pyrrole nitrogens is 1. The molecule has 5 heteroatoms. The van der Waals surface area contributed by atoms with Crippen molar-refractivity contribution in [1.29, 1.82) is 0 Å². The molecule has 3 aromatic heterocycles. The lowest BCUT2D eigenvalue weighted by atomic mass is 9.91. The molecule has 138 valence electrons. The van der Waals surface area contributed by atoms with Gasteiger partial charge in [-0.1, -0.05) is 30.3 Å². The fourth-order valence-corrected chi connectivity index (χ4v) is 3.94. The lowest BCUT2D eigenvalue weighted by molar-refractivity contribution is 0.590. The van der Waals surface area contributed by atoms with E-state index in [1.54, 1.807) is 0 Å². The molecule has 2 bridgehead atoms. The highest BCUT2D eigenvalue weighted by atomic mass is 15.1. The largest absolute Gasteiger partial charge is 0.301 e. The molecule has 5 nitrogen and oxygen atoms in total. The molecule has 3 heterocycles. The Morgan fingerprint density at radius 2 is 1.93 bits per heavy atom. The van der Waals surface area contributed by atoms with E-state index in [0.717, 1.165) is 46.0 Å². The molecule has 0 amide bonds. The Balaban J connectivity index is 1.39. The van der Waals surface area contributed by atoms with E-state index < -0.39 is 0 Å². The average molecular weight is 367 g/mol. The van der Waals surface area contributed by atoms with Gasteiger partial charge in [0.1, 0.15) is 0 Å². The van der Waals surface area contributed by atoms with Gasteiger partial charge in [-0.15, -0.1) is 0 Å². The van der Waals surface area contributed by atoms with Crippen molar-refractivity contribution in [2.45, 2.75) is 26.4 Å². The first kappa shape index (κ1) is 16.8. The molecule has 1 aromatic carbocycles. The van der Waals surface area contributed by atoms with Crippen LogP contribution in [0.25, 0.3) is 22.5 Å². The lowest BCUT2D eigenvalue weighted by Crippen LogP contribution is -2.24.